The van der Waals surface area contributed by atoms with Crippen LogP contribution < -0.4 is 19.7 Å². The van der Waals surface area contributed by atoms with Crippen molar-refractivity contribution in [2.45, 2.75) is 25.3 Å². The normalized spacial score (nSPS) is 26.4. The predicted molar refractivity (Wildman–Crippen MR) is 80.9 cm³/mol. The SMILES string of the molecule is COc1ccc(N2CCNC(C)(C3CC3)C2)cc1OC. The molecule has 2 fully saturated rings. The van der Waals surface area contributed by atoms with Crippen molar-refractivity contribution in [3.8, 4) is 11.5 Å². The molecule has 1 atom stereocenters. The molecule has 1 saturated carbocycles. The maximum Gasteiger partial charge on any atom is 0.162 e. The monoisotopic (exact) mass is 276 g/mol. The van der Waals surface area contributed by atoms with E-state index in [1.807, 2.05) is 6.07 Å². The van der Waals surface area contributed by atoms with Gasteiger partial charge in [-0.2, -0.15) is 0 Å². The van der Waals surface area contributed by atoms with Crippen LogP contribution in [0.1, 0.15) is 19.8 Å². The highest BCUT2D eigenvalue weighted by Gasteiger charge is 2.43. The van der Waals surface area contributed by atoms with E-state index >= 15 is 0 Å². The molecule has 1 aromatic rings. The molecule has 1 N–H and O–H groups in total. The summed E-state index contributed by atoms with van der Waals surface area (Å²) in [6, 6.07) is 6.20. The fraction of sp³-hybridized carbons (Fsp3) is 0.625. The zero-order valence-electron chi connectivity index (χ0n) is 12.6. The predicted octanol–water partition coefficient (Wildman–Crippen LogP) is 2.28. The maximum absolute atomic E-state index is 5.41. The number of nitrogens with zero attached hydrogens (tertiary/aromatic N) is 1. The average molecular weight is 276 g/mol. The lowest BCUT2D eigenvalue weighted by Crippen LogP contribution is -2.60. The number of piperazine rings is 1. The van der Waals surface area contributed by atoms with E-state index in [2.05, 4.69) is 29.3 Å². The first-order valence-electron chi connectivity index (χ1n) is 7.38. The van der Waals surface area contributed by atoms with Crippen LogP contribution in [0.25, 0.3) is 0 Å². The molecule has 4 nitrogen and oxygen atoms in total. The first-order valence-corrected chi connectivity index (χ1v) is 7.38. The van der Waals surface area contributed by atoms with E-state index in [0.717, 1.165) is 37.1 Å². The highest BCUT2D eigenvalue weighted by atomic mass is 16.5. The first kappa shape index (κ1) is 13.6. The molecule has 110 valence electrons. The molecule has 1 aromatic carbocycles. The lowest BCUT2D eigenvalue weighted by molar-refractivity contribution is 0.285. The van der Waals surface area contributed by atoms with E-state index in [4.69, 9.17) is 9.47 Å². The Morgan fingerprint density at radius 2 is 1.95 bits per heavy atom. The molecule has 0 amide bonds. The van der Waals surface area contributed by atoms with E-state index < -0.39 is 0 Å². The topological polar surface area (TPSA) is 33.7 Å². The second kappa shape index (κ2) is 5.17. The summed E-state index contributed by atoms with van der Waals surface area (Å²) >= 11 is 0. The minimum absolute atomic E-state index is 0.255. The van der Waals surface area contributed by atoms with Gasteiger partial charge in [-0.3, -0.25) is 0 Å². The van der Waals surface area contributed by atoms with Crippen LogP contribution in [0.2, 0.25) is 0 Å². The van der Waals surface area contributed by atoms with Crippen molar-refractivity contribution in [3.63, 3.8) is 0 Å². The number of rotatable bonds is 4. The van der Waals surface area contributed by atoms with Gasteiger partial charge in [0, 0.05) is 36.9 Å². The second-order valence-electron chi connectivity index (χ2n) is 6.08. The lowest BCUT2D eigenvalue weighted by Gasteiger charge is -2.43. The number of hydrogen-bond donors (Lipinski definition) is 1. The minimum Gasteiger partial charge on any atom is -0.493 e. The van der Waals surface area contributed by atoms with Crippen molar-refractivity contribution < 1.29 is 9.47 Å². The smallest absolute Gasteiger partial charge is 0.162 e. The number of benzene rings is 1. The summed E-state index contributed by atoms with van der Waals surface area (Å²) in [6.45, 7) is 5.50. The van der Waals surface area contributed by atoms with Gasteiger partial charge in [-0.25, -0.2) is 0 Å². The molecule has 0 bridgehead atoms. The van der Waals surface area contributed by atoms with Crippen LogP contribution in [0.5, 0.6) is 11.5 Å². The zero-order chi connectivity index (χ0) is 14.2. The minimum atomic E-state index is 0.255. The number of ether oxygens (including phenoxy) is 2. The molecule has 0 spiro atoms. The average Bonchev–Trinajstić information content (AvgIpc) is 3.31. The number of nitrogens with one attached hydrogen (secondary N) is 1. The largest absolute Gasteiger partial charge is 0.493 e. The van der Waals surface area contributed by atoms with E-state index in [1.54, 1.807) is 14.2 Å². The Morgan fingerprint density at radius 1 is 1.20 bits per heavy atom. The number of methoxy groups -OCH3 is 2. The summed E-state index contributed by atoms with van der Waals surface area (Å²) < 4.78 is 10.7. The molecule has 1 saturated heterocycles. The van der Waals surface area contributed by atoms with Crippen LogP contribution in [0.3, 0.4) is 0 Å². The van der Waals surface area contributed by atoms with Gasteiger partial charge in [-0.15, -0.1) is 0 Å². The molecule has 20 heavy (non-hydrogen) atoms. The van der Waals surface area contributed by atoms with Crippen LogP contribution >= 0.6 is 0 Å². The summed E-state index contributed by atoms with van der Waals surface area (Å²) in [7, 11) is 3.36. The first-order chi connectivity index (χ1) is 9.66. The van der Waals surface area contributed by atoms with E-state index in [1.165, 1.54) is 18.5 Å². The standard InChI is InChI=1S/C16H24N2O2/c1-16(12-4-5-12)11-18(9-8-17-16)13-6-7-14(19-2)15(10-13)20-3/h6-7,10,12,17H,4-5,8-9,11H2,1-3H3. The van der Waals surface area contributed by atoms with Gasteiger partial charge in [0.2, 0.25) is 0 Å². The van der Waals surface area contributed by atoms with Crippen molar-refractivity contribution in [3.05, 3.63) is 18.2 Å². The number of hydrogen-bond acceptors (Lipinski definition) is 4. The molecule has 1 unspecified atom stereocenters. The molecule has 2 aliphatic rings. The van der Waals surface area contributed by atoms with E-state index in [-0.39, 0.29) is 5.54 Å². The van der Waals surface area contributed by atoms with Crippen LogP contribution in [-0.4, -0.2) is 39.4 Å². The summed E-state index contributed by atoms with van der Waals surface area (Å²) in [5, 5.41) is 3.71. The molecular weight excluding hydrogens is 252 g/mol. The molecule has 1 aliphatic carbocycles. The molecular formula is C16H24N2O2. The van der Waals surface area contributed by atoms with Gasteiger partial charge in [0.1, 0.15) is 0 Å². The number of anilines is 1. The van der Waals surface area contributed by atoms with Gasteiger partial charge < -0.3 is 19.7 Å². The fourth-order valence-electron chi connectivity index (χ4n) is 3.24. The Labute approximate surface area is 121 Å². The molecule has 4 heteroatoms. The Bertz CT molecular complexity index is 487. The second-order valence-corrected chi connectivity index (χ2v) is 6.08. The van der Waals surface area contributed by atoms with Crippen molar-refractivity contribution in [1.29, 1.82) is 0 Å². The third kappa shape index (κ3) is 2.44. The van der Waals surface area contributed by atoms with Crippen LogP contribution in [0.15, 0.2) is 18.2 Å². The zero-order valence-corrected chi connectivity index (χ0v) is 12.6. The summed E-state index contributed by atoms with van der Waals surface area (Å²) in [4.78, 5) is 2.46. The van der Waals surface area contributed by atoms with Gasteiger partial charge in [0.25, 0.3) is 0 Å². The molecule has 3 rings (SSSR count). The maximum atomic E-state index is 5.41. The third-order valence-corrected chi connectivity index (χ3v) is 4.64. The molecule has 0 aromatic heterocycles. The van der Waals surface area contributed by atoms with Crippen LogP contribution in [-0.2, 0) is 0 Å². The van der Waals surface area contributed by atoms with Gasteiger partial charge in [-0.05, 0) is 37.8 Å². The van der Waals surface area contributed by atoms with E-state index in [9.17, 15) is 0 Å². The van der Waals surface area contributed by atoms with Gasteiger partial charge in [0.15, 0.2) is 11.5 Å². The summed E-state index contributed by atoms with van der Waals surface area (Å²) in [5.41, 5.74) is 1.47. The van der Waals surface area contributed by atoms with Crippen LogP contribution in [0, 0.1) is 5.92 Å². The van der Waals surface area contributed by atoms with Crippen LogP contribution in [0.4, 0.5) is 5.69 Å². The van der Waals surface area contributed by atoms with Crippen molar-refractivity contribution in [2.75, 3.05) is 38.8 Å². The fourth-order valence-corrected chi connectivity index (χ4v) is 3.24. The van der Waals surface area contributed by atoms with Crippen molar-refractivity contribution >= 4 is 5.69 Å². The molecule has 1 heterocycles. The molecule has 0 radical (unpaired) electrons. The molecule has 1 aliphatic heterocycles. The Balaban J connectivity index is 1.81. The lowest BCUT2D eigenvalue weighted by atomic mass is 9.92. The Morgan fingerprint density at radius 3 is 2.60 bits per heavy atom. The van der Waals surface area contributed by atoms with Gasteiger partial charge >= 0.3 is 0 Å². The van der Waals surface area contributed by atoms with Gasteiger partial charge in [-0.1, -0.05) is 0 Å². The highest BCUT2D eigenvalue weighted by molar-refractivity contribution is 5.57. The Kier molecular flexibility index (Phi) is 3.50. The third-order valence-electron chi connectivity index (χ3n) is 4.64. The highest BCUT2D eigenvalue weighted by Crippen LogP contribution is 2.42. The van der Waals surface area contributed by atoms with Crippen molar-refractivity contribution in [1.82, 2.24) is 5.32 Å². The van der Waals surface area contributed by atoms with Crippen molar-refractivity contribution in [2.24, 2.45) is 5.92 Å². The quantitative estimate of drug-likeness (QED) is 0.915. The summed E-state index contributed by atoms with van der Waals surface area (Å²) in [6.07, 6.45) is 2.73. The van der Waals surface area contributed by atoms with E-state index in [0.29, 0.717) is 0 Å². The Hall–Kier alpha value is -1.42. The van der Waals surface area contributed by atoms with Gasteiger partial charge in [0.05, 0.1) is 14.2 Å². The summed E-state index contributed by atoms with van der Waals surface area (Å²) in [5.74, 6) is 2.43.